The molecule has 0 heterocycles. The highest BCUT2D eigenvalue weighted by Crippen LogP contribution is 2.40. The number of methoxy groups -OCH3 is 4. The minimum atomic E-state index is -0.627. The summed E-state index contributed by atoms with van der Waals surface area (Å²) in [6.45, 7) is 4.21. The van der Waals surface area contributed by atoms with Gasteiger partial charge < -0.3 is 18.9 Å². The molecule has 0 unspecified atom stereocenters. The number of carbonyl (C=O) groups is 4. The van der Waals surface area contributed by atoms with Gasteiger partial charge in [0.05, 0.1) is 39.6 Å². The Kier molecular flexibility index (Phi) is 14.8. The molecule has 0 fully saturated rings. The zero-order valence-corrected chi connectivity index (χ0v) is 22.9. The van der Waals surface area contributed by atoms with Crippen LogP contribution in [0.15, 0.2) is 22.3 Å². The highest BCUT2D eigenvalue weighted by molar-refractivity contribution is 6.04. The van der Waals surface area contributed by atoms with Crippen LogP contribution < -0.4 is 0 Å². The normalized spacial score (nSPS) is 22.3. The van der Waals surface area contributed by atoms with Gasteiger partial charge in [0.15, 0.2) is 0 Å². The van der Waals surface area contributed by atoms with Gasteiger partial charge >= 0.3 is 23.9 Å². The van der Waals surface area contributed by atoms with E-state index in [9.17, 15) is 19.2 Å². The highest BCUT2D eigenvalue weighted by atomic mass is 16.5. The highest BCUT2D eigenvalue weighted by Gasteiger charge is 2.39. The third kappa shape index (κ3) is 8.79. The zero-order valence-electron chi connectivity index (χ0n) is 22.9. The Labute approximate surface area is 215 Å². The van der Waals surface area contributed by atoms with Crippen LogP contribution >= 0.6 is 0 Å². The maximum Gasteiger partial charge on any atom is 0.334 e. The molecule has 8 nitrogen and oxygen atoms in total. The molecule has 0 radical (unpaired) electrons. The molecule has 0 bridgehead atoms. The Morgan fingerprint density at radius 3 is 1.17 bits per heavy atom. The molecule has 36 heavy (non-hydrogen) atoms. The Hall–Kier alpha value is -2.64. The van der Waals surface area contributed by atoms with E-state index >= 15 is 0 Å². The van der Waals surface area contributed by atoms with Crippen LogP contribution in [0.4, 0.5) is 0 Å². The maximum atomic E-state index is 13.1. The van der Waals surface area contributed by atoms with E-state index in [1.54, 1.807) is 0 Å². The van der Waals surface area contributed by atoms with Gasteiger partial charge in [0, 0.05) is 11.1 Å². The molecule has 0 aromatic heterocycles. The number of hydrogen-bond donors (Lipinski definition) is 0. The summed E-state index contributed by atoms with van der Waals surface area (Å²) >= 11 is 0. The molecule has 1 aliphatic carbocycles. The van der Waals surface area contributed by atoms with Crippen molar-refractivity contribution < 1.29 is 38.1 Å². The second kappa shape index (κ2) is 16.9. The van der Waals surface area contributed by atoms with Crippen LogP contribution in [-0.4, -0.2) is 52.3 Å². The molecular formula is C28H44O8. The summed E-state index contributed by atoms with van der Waals surface area (Å²) in [4.78, 5) is 52.2. The fourth-order valence-corrected chi connectivity index (χ4v) is 4.97. The Morgan fingerprint density at radius 1 is 0.556 bits per heavy atom. The number of esters is 4. The lowest BCUT2D eigenvalue weighted by molar-refractivity contribution is -0.141. The summed E-state index contributed by atoms with van der Waals surface area (Å²) in [7, 11) is 5.09. The van der Waals surface area contributed by atoms with Crippen molar-refractivity contribution in [2.45, 2.75) is 90.9 Å². The third-order valence-electron chi connectivity index (χ3n) is 6.85. The minimum Gasteiger partial charge on any atom is -0.466 e. The van der Waals surface area contributed by atoms with Gasteiger partial charge in [0.25, 0.3) is 0 Å². The van der Waals surface area contributed by atoms with E-state index in [1.807, 2.05) is 0 Å². The van der Waals surface area contributed by atoms with Crippen LogP contribution in [0.2, 0.25) is 0 Å². The van der Waals surface area contributed by atoms with Crippen LogP contribution in [0.1, 0.15) is 90.9 Å². The molecule has 0 N–H and O–H groups in total. The van der Waals surface area contributed by atoms with Crippen molar-refractivity contribution in [1.29, 1.82) is 0 Å². The molecule has 1 aliphatic rings. The van der Waals surface area contributed by atoms with Crippen LogP contribution in [0, 0.1) is 11.8 Å². The monoisotopic (exact) mass is 508 g/mol. The Bertz CT molecular complexity index is 755. The molecule has 8 heteroatoms. The van der Waals surface area contributed by atoms with Crippen molar-refractivity contribution in [1.82, 2.24) is 0 Å². The fraction of sp³-hybridized carbons (Fsp3) is 0.714. The van der Waals surface area contributed by atoms with E-state index in [0.29, 0.717) is 12.8 Å². The lowest BCUT2D eigenvalue weighted by Gasteiger charge is -2.30. The topological polar surface area (TPSA) is 105 Å². The molecule has 0 saturated heterocycles. The van der Waals surface area contributed by atoms with E-state index < -0.39 is 35.7 Å². The van der Waals surface area contributed by atoms with Gasteiger partial charge in [-0.15, -0.1) is 0 Å². The van der Waals surface area contributed by atoms with Crippen molar-refractivity contribution in [3.8, 4) is 0 Å². The van der Waals surface area contributed by atoms with E-state index in [-0.39, 0.29) is 35.1 Å². The Morgan fingerprint density at radius 2 is 0.889 bits per heavy atom. The molecular weight excluding hydrogens is 464 g/mol. The number of carbonyl (C=O) groups excluding carboxylic acids is 4. The molecule has 204 valence electrons. The third-order valence-corrected chi connectivity index (χ3v) is 6.85. The van der Waals surface area contributed by atoms with Crippen LogP contribution in [0.3, 0.4) is 0 Å². The van der Waals surface area contributed by atoms with E-state index in [4.69, 9.17) is 18.9 Å². The summed E-state index contributed by atoms with van der Waals surface area (Å²) in [5.74, 6) is -3.52. The van der Waals surface area contributed by atoms with Crippen LogP contribution in [0.5, 0.6) is 0 Å². The van der Waals surface area contributed by atoms with Gasteiger partial charge in [0.1, 0.15) is 0 Å². The number of hydrogen-bond acceptors (Lipinski definition) is 8. The lowest BCUT2D eigenvalue weighted by Crippen LogP contribution is -2.30. The number of rotatable bonds is 14. The molecule has 0 aromatic rings. The molecule has 0 spiro atoms. The SMILES string of the molecule is CCCCCC[C@H]1C/C(C(=O)OC)=C(/C(=O)OC)[C@@H](CCCCCC)C/C(C(=O)OC)=C\1C(=O)OC. The quantitative estimate of drug-likeness (QED) is 0.178. The number of ether oxygens (including phenoxy) is 4. The predicted molar refractivity (Wildman–Crippen MR) is 136 cm³/mol. The fourth-order valence-electron chi connectivity index (χ4n) is 4.97. The van der Waals surface area contributed by atoms with Gasteiger partial charge in [-0.3, -0.25) is 0 Å². The van der Waals surface area contributed by atoms with Crippen molar-refractivity contribution >= 4 is 23.9 Å². The second-order valence-electron chi connectivity index (χ2n) is 9.25. The van der Waals surface area contributed by atoms with Gasteiger partial charge in [-0.25, -0.2) is 19.2 Å². The second-order valence-corrected chi connectivity index (χ2v) is 9.25. The summed E-state index contributed by atoms with van der Waals surface area (Å²) < 4.78 is 20.4. The van der Waals surface area contributed by atoms with Gasteiger partial charge in [-0.2, -0.15) is 0 Å². The first-order chi connectivity index (χ1) is 17.3. The molecule has 1 rings (SSSR count). The van der Waals surface area contributed by atoms with Gasteiger partial charge in [0.2, 0.25) is 0 Å². The van der Waals surface area contributed by atoms with Gasteiger partial charge in [-0.1, -0.05) is 65.2 Å². The van der Waals surface area contributed by atoms with Crippen molar-refractivity contribution in [2.24, 2.45) is 11.8 Å². The first-order valence-corrected chi connectivity index (χ1v) is 13.1. The average molecular weight is 509 g/mol. The molecule has 2 atom stereocenters. The Balaban J connectivity index is 3.77. The largest absolute Gasteiger partial charge is 0.466 e. The van der Waals surface area contributed by atoms with Gasteiger partial charge in [-0.05, 0) is 37.5 Å². The van der Waals surface area contributed by atoms with Crippen molar-refractivity contribution in [3.63, 3.8) is 0 Å². The van der Waals surface area contributed by atoms with Crippen molar-refractivity contribution in [3.05, 3.63) is 22.3 Å². The first kappa shape index (κ1) is 31.4. The number of unbranched alkanes of at least 4 members (excludes halogenated alkanes) is 6. The van der Waals surface area contributed by atoms with E-state index in [0.717, 1.165) is 51.4 Å². The molecule has 0 aliphatic heterocycles. The zero-order chi connectivity index (χ0) is 27.1. The molecule has 0 saturated carbocycles. The predicted octanol–water partition coefficient (Wildman–Crippen LogP) is 5.24. The smallest absolute Gasteiger partial charge is 0.334 e. The minimum absolute atomic E-state index is 0.0691. The summed E-state index contributed by atoms with van der Waals surface area (Å²) in [5.41, 5.74) is 0.862. The summed E-state index contributed by atoms with van der Waals surface area (Å²) in [5, 5.41) is 0. The lowest BCUT2D eigenvalue weighted by atomic mass is 9.74. The van der Waals surface area contributed by atoms with E-state index in [2.05, 4.69) is 13.8 Å². The summed E-state index contributed by atoms with van der Waals surface area (Å²) in [6.07, 6.45) is 8.82. The molecule has 0 aromatic carbocycles. The average Bonchev–Trinajstić information content (AvgIpc) is 2.89. The van der Waals surface area contributed by atoms with Crippen molar-refractivity contribution in [2.75, 3.05) is 28.4 Å². The molecule has 0 amide bonds. The van der Waals surface area contributed by atoms with Crippen LogP contribution in [0.25, 0.3) is 0 Å². The summed E-state index contributed by atoms with van der Waals surface area (Å²) in [6, 6.07) is 0. The van der Waals surface area contributed by atoms with Crippen LogP contribution in [-0.2, 0) is 38.1 Å². The maximum absolute atomic E-state index is 13.1. The standard InChI is InChI=1S/C28H44O8/c1-7-9-11-13-15-19-17-21(25(29)33-3)24(28(32)36-6)20(16-14-12-10-8-2)18-22(26(30)34-4)23(19)27(31)35-5/h19-20H,7-18H2,1-6H3/b23-22-,24-21-/t19-,20-/m0/s1. The van der Waals surface area contributed by atoms with E-state index in [1.165, 1.54) is 28.4 Å². The first-order valence-electron chi connectivity index (χ1n) is 13.1.